The van der Waals surface area contributed by atoms with Crippen molar-refractivity contribution < 1.29 is 4.92 Å². The summed E-state index contributed by atoms with van der Waals surface area (Å²) in [4.78, 5) is 15.1. The second kappa shape index (κ2) is 6.75. The van der Waals surface area contributed by atoms with Crippen LogP contribution in [0.25, 0.3) is 0 Å². The minimum atomic E-state index is -0.372. The molecule has 0 N–H and O–H groups in total. The van der Waals surface area contributed by atoms with Crippen LogP contribution in [0.5, 0.6) is 0 Å². The molecule has 1 heterocycles. The highest BCUT2D eigenvalue weighted by Gasteiger charge is 2.15. The van der Waals surface area contributed by atoms with Gasteiger partial charge in [-0.1, -0.05) is 30.3 Å². The third-order valence-corrected chi connectivity index (χ3v) is 3.77. The van der Waals surface area contributed by atoms with Crippen LogP contribution in [0.2, 0.25) is 0 Å². The van der Waals surface area contributed by atoms with Crippen molar-refractivity contribution in [2.45, 2.75) is 13.0 Å². The predicted molar refractivity (Wildman–Crippen MR) is 88.4 cm³/mol. The smallest absolute Gasteiger partial charge is 0.273 e. The molecule has 6 heteroatoms. The molecule has 6 nitrogen and oxygen atoms in total. The average molecular weight is 318 g/mol. The Morgan fingerprint density at radius 3 is 2.62 bits per heavy atom. The van der Waals surface area contributed by atoms with Crippen molar-refractivity contribution in [2.24, 2.45) is 0 Å². The fourth-order valence-electron chi connectivity index (χ4n) is 2.54. The lowest BCUT2D eigenvalue weighted by Crippen LogP contribution is -2.06. The highest BCUT2D eigenvalue weighted by atomic mass is 16.6. The first-order chi connectivity index (χ1) is 11.7. The average Bonchev–Trinajstić information content (AvgIpc) is 3.03. The van der Waals surface area contributed by atoms with Crippen molar-refractivity contribution in [3.8, 4) is 6.07 Å². The van der Waals surface area contributed by atoms with Gasteiger partial charge in [-0.05, 0) is 17.7 Å². The Kier molecular flexibility index (Phi) is 4.34. The van der Waals surface area contributed by atoms with Gasteiger partial charge in [-0.2, -0.15) is 5.26 Å². The van der Waals surface area contributed by atoms with Crippen LogP contribution in [-0.4, -0.2) is 14.5 Å². The third-order valence-electron chi connectivity index (χ3n) is 3.77. The normalized spacial score (nSPS) is 10.3. The van der Waals surface area contributed by atoms with Crippen molar-refractivity contribution >= 4 is 5.69 Å². The van der Waals surface area contributed by atoms with Crippen LogP contribution < -0.4 is 0 Å². The molecule has 3 aromatic rings. The van der Waals surface area contributed by atoms with Gasteiger partial charge in [-0.15, -0.1) is 0 Å². The van der Waals surface area contributed by atoms with Gasteiger partial charge in [0.1, 0.15) is 5.82 Å². The first-order valence-electron chi connectivity index (χ1n) is 7.38. The standard InChI is InChI=1S/C18H14N4O2/c19-12-14-5-7-15(8-6-14)13-21-10-9-20-18(21)11-16-3-1-2-4-17(16)22(23)24/h1-10H,11,13H2. The van der Waals surface area contributed by atoms with Gasteiger partial charge in [0.2, 0.25) is 0 Å². The number of benzene rings is 2. The van der Waals surface area contributed by atoms with E-state index in [0.717, 1.165) is 11.4 Å². The lowest BCUT2D eigenvalue weighted by Gasteiger charge is -2.08. The van der Waals surface area contributed by atoms with Crippen LogP contribution in [0.3, 0.4) is 0 Å². The zero-order valence-electron chi connectivity index (χ0n) is 12.8. The molecule has 0 atom stereocenters. The lowest BCUT2D eigenvalue weighted by molar-refractivity contribution is -0.385. The number of para-hydroxylation sites is 1. The molecule has 0 unspecified atom stereocenters. The lowest BCUT2D eigenvalue weighted by atomic mass is 10.1. The number of nitriles is 1. The number of hydrogen-bond donors (Lipinski definition) is 0. The van der Waals surface area contributed by atoms with E-state index in [1.54, 1.807) is 36.5 Å². The van der Waals surface area contributed by atoms with Gasteiger partial charge in [0.15, 0.2) is 0 Å². The summed E-state index contributed by atoms with van der Waals surface area (Å²) in [5.74, 6) is 0.758. The molecule has 1 aromatic heterocycles. The first-order valence-corrected chi connectivity index (χ1v) is 7.38. The number of nitro groups is 1. The number of aromatic nitrogens is 2. The Morgan fingerprint density at radius 2 is 1.92 bits per heavy atom. The predicted octanol–water partition coefficient (Wildman–Crippen LogP) is 3.30. The second-order valence-electron chi connectivity index (χ2n) is 5.34. The summed E-state index contributed by atoms with van der Waals surface area (Å²) >= 11 is 0. The molecule has 24 heavy (non-hydrogen) atoms. The summed E-state index contributed by atoms with van der Waals surface area (Å²) < 4.78 is 1.96. The van der Waals surface area contributed by atoms with Crippen molar-refractivity contribution in [3.05, 3.63) is 93.6 Å². The molecule has 0 bridgehead atoms. The fraction of sp³-hybridized carbons (Fsp3) is 0.111. The Bertz CT molecular complexity index is 907. The molecule has 0 fully saturated rings. The zero-order chi connectivity index (χ0) is 16.9. The molecule has 0 saturated heterocycles. The second-order valence-corrected chi connectivity index (χ2v) is 5.34. The summed E-state index contributed by atoms with van der Waals surface area (Å²) in [6.45, 7) is 0.599. The molecule has 3 rings (SSSR count). The molecule has 0 spiro atoms. The van der Waals surface area contributed by atoms with Crippen molar-refractivity contribution in [1.82, 2.24) is 9.55 Å². The Balaban J connectivity index is 1.83. The summed E-state index contributed by atoms with van der Waals surface area (Å²) in [7, 11) is 0. The van der Waals surface area contributed by atoms with Crippen molar-refractivity contribution in [3.63, 3.8) is 0 Å². The summed E-state index contributed by atoms with van der Waals surface area (Å²) in [6, 6.07) is 16.1. The molecular weight excluding hydrogens is 304 g/mol. The molecule has 0 aliphatic carbocycles. The molecule has 0 saturated carbocycles. The fourth-order valence-corrected chi connectivity index (χ4v) is 2.54. The van der Waals surface area contributed by atoms with Gasteiger partial charge in [0, 0.05) is 37.0 Å². The van der Waals surface area contributed by atoms with Crippen LogP contribution in [0, 0.1) is 21.4 Å². The van der Waals surface area contributed by atoms with E-state index in [1.165, 1.54) is 6.07 Å². The number of imidazole rings is 1. The van der Waals surface area contributed by atoms with Gasteiger partial charge in [-0.3, -0.25) is 10.1 Å². The van der Waals surface area contributed by atoms with E-state index >= 15 is 0 Å². The van der Waals surface area contributed by atoms with Gasteiger partial charge >= 0.3 is 0 Å². The Hall–Kier alpha value is -3.46. The highest BCUT2D eigenvalue weighted by Crippen LogP contribution is 2.21. The minimum absolute atomic E-state index is 0.102. The van der Waals surface area contributed by atoms with E-state index < -0.39 is 0 Å². The molecule has 0 radical (unpaired) electrons. The van der Waals surface area contributed by atoms with Crippen molar-refractivity contribution in [2.75, 3.05) is 0 Å². The first kappa shape index (κ1) is 15.4. The number of nitrogens with zero attached hydrogens (tertiary/aromatic N) is 4. The van der Waals surface area contributed by atoms with Gasteiger partial charge < -0.3 is 4.57 Å². The topological polar surface area (TPSA) is 84.8 Å². The van der Waals surface area contributed by atoms with Gasteiger partial charge in [-0.25, -0.2) is 4.98 Å². The van der Waals surface area contributed by atoms with E-state index in [4.69, 9.17) is 5.26 Å². The van der Waals surface area contributed by atoms with Crippen LogP contribution in [0.15, 0.2) is 60.9 Å². The minimum Gasteiger partial charge on any atom is -0.330 e. The molecule has 0 aliphatic rings. The molecule has 2 aromatic carbocycles. The summed E-state index contributed by atoms with van der Waals surface area (Å²) in [6.07, 6.45) is 3.93. The Labute approximate surface area is 138 Å². The molecule has 0 amide bonds. The van der Waals surface area contributed by atoms with Gasteiger partial charge in [0.05, 0.1) is 16.6 Å². The number of rotatable bonds is 5. The van der Waals surface area contributed by atoms with Crippen LogP contribution in [0.1, 0.15) is 22.5 Å². The molecule has 0 aliphatic heterocycles. The van der Waals surface area contributed by atoms with Crippen LogP contribution in [0.4, 0.5) is 5.69 Å². The van der Waals surface area contributed by atoms with E-state index in [-0.39, 0.29) is 10.6 Å². The zero-order valence-corrected chi connectivity index (χ0v) is 12.8. The maximum Gasteiger partial charge on any atom is 0.273 e. The molecule has 118 valence electrons. The van der Waals surface area contributed by atoms with E-state index in [0.29, 0.717) is 24.1 Å². The highest BCUT2D eigenvalue weighted by molar-refractivity contribution is 5.41. The molecular formula is C18H14N4O2. The summed E-state index contributed by atoms with van der Waals surface area (Å²) in [5, 5.41) is 20.0. The van der Waals surface area contributed by atoms with Crippen LogP contribution in [-0.2, 0) is 13.0 Å². The largest absolute Gasteiger partial charge is 0.330 e. The van der Waals surface area contributed by atoms with Crippen molar-refractivity contribution in [1.29, 1.82) is 5.26 Å². The maximum absolute atomic E-state index is 11.1. The third kappa shape index (κ3) is 3.31. The number of hydrogen-bond acceptors (Lipinski definition) is 4. The summed E-state index contributed by atoms with van der Waals surface area (Å²) in [5.41, 5.74) is 2.39. The van der Waals surface area contributed by atoms with E-state index in [9.17, 15) is 10.1 Å². The maximum atomic E-state index is 11.1. The number of nitro benzene ring substituents is 1. The van der Waals surface area contributed by atoms with Crippen LogP contribution >= 0.6 is 0 Å². The Morgan fingerprint density at radius 1 is 1.17 bits per heavy atom. The quantitative estimate of drug-likeness (QED) is 0.533. The monoisotopic (exact) mass is 318 g/mol. The van der Waals surface area contributed by atoms with Gasteiger partial charge in [0.25, 0.3) is 5.69 Å². The SMILES string of the molecule is N#Cc1ccc(Cn2ccnc2Cc2ccccc2[N+](=O)[O-])cc1. The van der Waals surface area contributed by atoms with E-state index in [1.807, 2.05) is 22.9 Å². The van der Waals surface area contributed by atoms with E-state index in [2.05, 4.69) is 11.1 Å².